The highest BCUT2D eigenvalue weighted by atomic mass is 16.6. The van der Waals surface area contributed by atoms with E-state index in [9.17, 15) is 14.9 Å². The van der Waals surface area contributed by atoms with Gasteiger partial charge in [-0.25, -0.2) is 0 Å². The fourth-order valence-corrected chi connectivity index (χ4v) is 5.07. The van der Waals surface area contributed by atoms with Crippen molar-refractivity contribution in [1.82, 2.24) is 10.2 Å². The van der Waals surface area contributed by atoms with Crippen molar-refractivity contribution in [3.63, 3.8) is 0 Å². The first kappa shape index (κ1) is 19.2. The van der Waals surface area contributed by atoms with E-state index in [-0.39, 0.29) is 16.5 Å². The first-order valence-corrected chi connectivity index (χ1v) is 10.5. The number of carbonyl (C=O) groups is 1. The van der Waals surface area contributed by atoms with Crippen LogP contribution in [0.1, 0.15) is 49.4 Å². The van der Waals surface area contributed by atoms with Crippen LogP contribution in [0.5, 0.6) is 0 Å². The van der Waals surface area contributed by atoms with Crippen molar-refractivity contribution in [2.24, 2.45) is 11.3 Å². The first-order valence-electron chi connectivity index (χ1n) is 10.5. The van der Waals surface area contributed by atoms with Crippen LogP contribution in [0.3, 0.4) is 0 Å². The second-order valence-electron chi connectivity index (χ2n) is 8.87. The number of piperidine rings is 2. The topological polar surface area (TPSA) is 78.7 Å². The van der Waals surface area contributed by atoms with Crippen LogP contribution in [-0.2, 0) is 0 Å². The van der Waals surface area contributed by atoms with Crippen molar-refractivity contribution in [3.8, 4) is 0 Å². The van der Waals surface area contributed by atoms with E-state index in [1.165, 1.54) is 12.5 Å². The molecule has 0 aliphatic carbocycles. The lowest BCUT2D eigenvalue weighted by Gasteiger charge is -2.39. The molecule has 1 spiro atoms. The summed E-state index contributed by atoms with van der Waals surface area (Å²) in [5.74, 6) is 0.447. The molecule has 0 radical (unpaired) electrons. The third kappa shape index (κ3) is 3.72. The molecule has 0 bridgehead atoms. The van der Waals surface area contributed by atoms with Crippen molar-refractivity contribution >= 4 is 17.3 Å². The second kappa shape index (κ2) is 7.70. The molecule has 1 aromatic carbocycles. The lowest BCUT2D eigenvalue weighted by atomic mass is 9.78. The molecule has 3 aliphatic rings. The highest BCUT2D eigenvalue weighted by Crippen LogP contribution is 2.38. The van der Waals surface area contributed by atoms with E-state index in [2.05, 4.69) is 17.1 Å². The number of nitro groups is 1. The summed E-state index contributed by atoms with van der Waals surface area (Å²) in [5, 5.41) is 15.1. The Morgan fingerprint density at radius 3 is 2.68 bits per heavy atom. The summed E-state index contributed by atoms with van der Waals surface area (Å²) in [7, 11) is 0. The molecule has 1 atom stereocenters. The van der Waals surface area contributed by atoms with Gasteiger partial charge in [-0.05, 0) is 62.1 Å². The van der Waals surface area contributed by atoms with E-state index >= 15 is 0 Å². The van der Waals surface area contributed by atoms with Gasteiger partial charge in [0.2, 0.25) is 0 Å². The number of hydrogen-bond donors (Lipinski definition) is 1. The van der Waals surface area contributed by atoms with Gasteiger partial charge in [0.1, 0.15) is 5.69 Å². The minimum absolute atomic E-state index is 0.0495. The molecular weight excluding hydrogens is 356 g/mol. The molecule has 3 heterocycles. The molecule has 152 valence electrons. The standard InChI is InChI=1S/C21H30N4O3/c1-16-3-2-10-24(14-16)18-5-4-17(13-19(18)25(27)28)20(26)23-11-7-21(8-12-23)6-9-22-15-21/h4-5,13,16,22H,2-3,6-12,14-15H2,1H3. The number of hydrogen-bond acceptors (Lipinski definition) is 5. The maximum atomic E-state index is 13.0. The van der Waals surface area contributed by atoms with Gasteiger partial charge < -0.3 is 15.1 Å². The number of benzene rings is 1. The maximum absolute atomic E-state index is 13.0. The van der Waals surface area contributed by atoms with Gasteiger partial charge in [-0.3, -0.25) is 14.9 Å². The molecule has 0 saturated carbocycles. The van der Waals surface area contributed by atoms with Crippen molar-refractivity contribution < 1.29 is 9.72 Å². The Kier molecular flexibility index (Phi) is 5.27. The van der Waals surface area contributed by atoms with Gasteiger partial charge in [0, 0.05) is 44.4 Å². The monoisotopic (exact) mass is 386 g/mol. The largest absolute Gasteiger partial charge is 0.366 e. The Morgan fingerprint density at radius 2 is 2.04 bits per heavy atom. The van der Waals surface area contributed by atoms with Crippen LogP contribution in [0.25, 0.3) is 0 Å². The fraction of sp³-hybridized carbons (Fsp3) is 0.667. The van der Waals surface area contributed by atoms with Crippen LogP contribution in [0.15, 0.2) is 18.2 Å². The quantitative estimate of drug-likeness (QED) is 0.638. The van der Waals surface area contributed by atoms with E-state index in [4.69, 9.17) is 0 Å². The summed E-state index contributed by atoms with van der Waals surface area (Å²) in [6, 6.07) is 5.03. The van der Waals surface area contributed by atoms with Crippen molar-refractivity contribution in [1.29, 1.82) is 0 Å². The van der Waals surface area contributed by atoms with E-state index in [0.29, 0.717) is 22.6 Å². The number of nitrogens with one attached hydrogen (secondary N) is 1. The summed E-state index contributed by atoms with van der Waals surface area (Å²) in [5.41, 5.74) is 1.47. The lowest BCUT2D eigenvalue weighted by Crippen LogP contribution is -2.44. The van der Waals surface area contributed by atoms with Crippen molar-refractivity contribution in [2.75, 3.05) is 44.2 Å². The predicted octanol–water partition coefficient (Wildman–Crippen LogP) is 3.05. The van der Waals surface area contributed by atoms with Gasteiger partial charge in [0.15, 0.2) is 0 Å². The molecule has 3 aliphatic heterocycles. The third-order valence-corrected chi connectivity index (χ3v) is 6.86. The number of rotatable bonds is 3. The second-order valence-corrected chi connectivity index (χ2v) is 8.87. The highest BCUT2D eigenvalue weighted by Gasteiger charge is 2.38. The number of amides is 1. The predicted molar refractivity (Wildman–Crippen MR) is 109 cm³/mol. The van der Waals surface area contributed by atoms with E-state index < -0.39 is 0 Å². The summed E-state index contributed by atoms with van der Waals surface area (Å²) in [6.45, 7) is 7.43. The van der Waals surface area contributed by atoms with Crippen LogP contribution in [-0.4, -0.2) is 55.0 Å². The Hall–Kier alpha value is -2.15. The van der Waals surface area contributed by atoms with Gasteiger partial charge in [0.05, 0.1) is 4.92 Å². The summed E-state index contributed by atoms with van der Waals surface area (Å²) in [4.78, 5) is 28.3. The van der Waals surface area contributed by atoms with Gasteiger partial charge >= 0.3 is 0 Å². The molecule has 1 amide bonds. The fourth-order valence-electron chi connectivity index (χ4n) is 5.07. The Labute approximate surface area is 166 Å². The van der Waals surface area contributed by atoms with Gasteiger partial charge in [-0.15, -0.1) is 0 Å². The highest BCUT2D eigenvalue weighted by molar-refractivity contribution is 5.96. The molecule has 3 fully saturated rings. The number of nitro benzene ring substituents is 1. The van der Waals surface area contributed by atoms with E-state index in [0.717, 1.165) is 65.0 Å². The minimum Gasteiger partial charge on any atom is -0.366 e. The zero-order valence-corrected chi connectivity index (χ0v) is 16.7. The zero-order valence-electron chi connectivity index (χ0n) is 16.7. The summed E-state index contributed by atoms with van der Waals surface area (Å²) < 4.78 is 0. The Balaban J connectivity index is 1.51. The number of likely N-dealkylation sites (tertiary alicyclic amines) is 1. The Bertz CT molecular complexity index is 750. The molecule has 0 aromatic heterocycles. The van der Waals surface area contributed by atoms with Crippen molar-refractivity contribution in [3.05, 3.63) is 33.9 Å². The molecule has 1 unspecified atom stereocenters. The minimum atomic E-state index is -0.346. The van der Waals surface area contributed by atoms with Gasteiger partial charge in [-0.1, -0.05) is 6.92 Å². The first-order chi connectivity index (χ1) is 13.5. The summed E-state index contributed by atoms with van der Waals surface area (Å²) in [6.07, 6.45) is 5.41. The number of carbonyl (C=O) groups excluding carboxylic acids is 1. The van der Waals surface area contributed by atoms with Crippen LogP contribution < -0.4 is 10.2 Å². The normalized spacial score (nSPS) is 24.5. The van der Waals surface area contributed by atoms with Crippen LogP contribution in [0.2, 0.25) is 0 Å². The molecule has 7 heteroatoms. The number of nitrogens with zero attached hydrogens (tertiary/aromatic N) is 3. The SMILES string of the molecule is CC1CCCN(c2ccc(C(=O)N3CCC4(CCNC4)CC3)cc2[N+](=O)[O-])C1. The average Bonchev–Trinajstić information content (AvgIpc) is 3.15. The van der Waals surface area contributed by atoms with E-state index in [1.807, 2.05) is 4.90 Å². The van der Waals surface area contributed by atoms with E-state index in [1.54, 1.807) is 12.1 Å². The van der Waals surface area contributed by atoms with Crippen molar-refractivity contribution in [2.45, 2.75) is 39.0 Å². The Morgan fingerprint density at radius 1 is 1.25 bits per heavy atom. The average molecular weight is 386 g/mol. The third-order valence-electron chi connectivity index (χ3n) is 6.86. The molecule has 1 aromatic rings. The molecule has 4 rings (SSSR count). The van der Waals surface area contributed by atoms with Crippen LogP contribution in [0.4, 0.5) is 11.4 Å². The van der Waals surface area contributed by atoms with Gasteiger partial charge in [0.25, 0.3) is 11.6 Å². The molecular formula is C21H30N4O3. The number of anilines is 1. The molecule has 7 nitrogen and oxygen atoms in total. The smallest absolute Gasteiger partial charge is 0.293 e. The molecule has 1 N–H and O–H groups in total. The molecule has 28 heavy (non-hydrogen) atoms. The van der Waals surface area contributed by atoms with Gasteiger partial charge in [-0.2, -0.15) is 0 Å². The lowest BCUT2D eigenvalue weighted by molar-refractivity contribution is -0.384. The molecule has 3 saturated heterocycles. The zero-order chi connectivity index (χ0) is 19.7. The summed E-state index contributed by atoms with van der Waals surface area (Å²) >= 11 is 0. The maximum Gasteiger partial charge on any atom is 0.293 e. The van der Waals surface area contributed by atoms with Crippen LogP contribution >= 0.6 is 0 Å². The van der Waals surface area contributed by atoms with Crippen LogP contribution in [0, 0.1) is 21.4 Å².